The molecule has 0 spiro atoms. The Bertz CT molecular complexity index is 755. The van der Waals surface area contributed by atoms with Crippen molar-refractivity contribution in [3.63, 3.8) is 0 Å². The maximum Gasteiger partial charge on any atom is 0.157 e. The van der Waals surface area contributed by atoms with Crippen LogP contribution in [-0.4, -0.2) is 19.9 Å². The Morgan fingerprint density at radius 1 is 1.13 bits per heavy atom. The van der Waals surface area contributed by atoms with Crippen LogP contribution in [0, 0.1) is 0 Å². The van der Waals surface area contributed by atoms with Crippen molar-refractivity contribution < 1.29 is 5.11 Å². The monoisotopic (exact) mass is 308 g/mol. The van der Waals surface area contributed by atoms with Gasteiger partial charge in [0.1, 0.15) is 5.75 Å². The van der Waals surface area contributed by atoms with Gasteiger partial charge in [-0.2, -0.15) is 5.10 Å². The minimum atomic E-state index is 0.0851. The van der Waals surface area contributed by atoms with E-state index in [-0.39, 0.29) is 6.04 Å². The summed E-state index contributed by atoms with van der Waals surface area (Å²) in [5.41, 5.74) is 1.98. The number of rotatable bonds is 6. The first kappa shape index (κ1) is 15.2. The summed E-state index contributed by atoms with van der Waals surface area (Å²) in [7, 11) is 0. The topological polar surface area (TPSA) is 63.0 Å². The fourth-order valence-electron chi connectivity index (χ4n) is 2.66. The molecule has 0 aliphatic rings. The first-order valence-electron chi connectivity index (χ1n) is 7.74. The zero-order chi connectivity index (χ0) is 16.1. The smallest absolute Gasteiger partial charge is 0.157 e. The van der Waals surface area contributed by atoms with Crippen LogP contribution in [-0.2, 0) is 6.54 Å². The molecule has 0 unspecified atom stereocenters. The van der Waals surface area contributed by atoms with Crippen molar-refractivity contribution in [1.29, 1.82) is 0 Å². The van der Waals surface area contributed by atoms with Gasteiger partial charge in [-0.3, -0.25) is 0 Å². The van der Waals surface area contributed by atoms with Gasteiger partial charge < -0.3 is 10.4 Å². The highest BCUT2D eigenvalue weighted by molar-refractivity contribution is 5.36. The van der Waals surface area contributed by atoms with Crippen molar-refractivity contribution in [3.8, 4) is 11.6 Å². The molecule has 2 N–H and O–H groups in total. The Morgan fingerprint density at radius 2 is 2.00 bits per heavy atom. The van der Waals surface area contributed by atoms with Crippen molar-refractivity contribution in [2.45, 2.75) is 25.9 Å². The van der Waals surface area contributed by atoms with Crippen molar-refractivity contribution in [2.75, 3.05) is 0 Å². The largest absolute Gasteiger partial charge is 0.508 e. The number of pyridine rings is 1. The maximum absolute atomic E-state index is 10.0. The minimum absolute atomic E-state index is 0.0851. The average molecular weight is 308 g/mol. The van der Waals surface area contributed by atoms with Gasteiger partial charge in [0.15, 0.2) is 5.82 Å². The summed E-state index contributed by atoms with van der Waals surface area (Å²) in [6, 6.07) is 13.4. The highest BCUT2D eigenvalue weighted by Gasteiger charge is 2.14. The Morgan fingerprint density at radius 3 is 2.74 bits per heavy atom. The number of phenols is 1. The van der Waals surface area contributed by atoms with E-state index < -0.39 is 0 Å². The molecule has 0 fully saturated rings. The van der Waals surface area contributed by atoms with Gasteiger partial charge in [0.2, 0.25) is 0 Å². The van der Waals surface area contributed by atoms with Gasteiger partial charge in [-0.25, -0.2) is 9.67 Å². The highest BCUT2D eigenvalue weighted by atomic mass is 16.3. The first-order chi connectivity index (χ1) is 11.3. The Hall–Kier alpha value is -2.66. The van der Waals surface area contributed by atoms with Gasteiger partial charge in [-0.1, -0.05) is 31.2 Å². The summed E-state index contributed by atoms with van der Waals surface area (Å²) in [5.74, 6) is 1.14. The lowest BCUT2D eigenvalue weighted by Gasteiger charge is -2.19. The lowest BCUT2D eigenvalue weighted by Crippen LogP contribution is -2.21. The number of aromatic hydroxyl groups is 1. The molecule has 0 saturated heterocycles. The first-order valence-corrected chi connectivity index (χ1v) is 7.74. The van der Waals surface area contributed by atoms with E-state index in [0.29, 0.717) is 12.3 Å². The van der Waals surface area contributed by atoms with Gasteiger partial charge in [0.25, 0.3) is 0 Å². The van der Waals surface area contributed by atoms with E-state index in [2.05, 4.69) is 22.3 Å². The molecule has 0 aliphatic carbocycles. The molecule has 0 amide bonds. The van der Waals surface area contributed by atoms with E-state index in [1.165, 1.54) is 0 Å². The SMILES string of the molecule is CC[C@@H](NCc1cccnc1-n1cccn1)c1ccccc1O. The molecule has 3 aromatic rings. The molecule has 0 radical (unpaired) electrons. The molecular weight excluding hydrogens is 288 g/mol. The molecule has 23 heavy (non-hydrogen) atoms. The predicted octanol–water partition coefficient (Wildman–Crippen LogP) is 3.21. The van der Waals surface area contributed by atoms with E-state index in [1.54, 1.807) is 23.1 Å². The van der Waals surface area contributed by atoms with E-state index in [4.69, 9.17) is 0 Å². The van der Waals surface area contributed by atoms with Crippen LogP contribution < -0.4 is 5.32 Å². The van der Waals surface area contributed by atoms with Crippen LogP contribution in [0.2, 0.25) is 0 Å². The zero-order valence-corrected chi connectivity index (χ0v) is 13.1. The Balaban J connectivity index is 1.79. The van der Waals surface area contributed by atoms with Crippen LogP contribution in [0.15, 0.2) is 61.1 Å². The van der Waals surface area contributed by atoms with Gasteiger partial charge in [0, 0.05) is 42.3 Å². The summed E-state index contributed by atoms with van der Waals surface area (Å²) in [6.07, 6.45) is 6.27. The third-order valence-corrected chi connectivity index (χ3v) is 3.85. The van der Waals surface area contributed by atoms with Crippen molar-refractivity contribution in [2.24, 2.45) is 0 Å². The molecule has 118 valence electrons. The zero-order valence-electron chi connectivity index (χ0n) is 13.1. The highest BCUT2D eigenvalue weighted by Crippen LogP contribution is 2.26. The van der Waals surface area contributed by atoms with Crippen LogP contribution in [0.1, 0.15) is 30.5 Å². The number of benzene rings is 1. The number of nitrogens with zero attached hydrogens (tertiary/aromatic N) is 3. The summed E-state index contributed by atoms with van der Waals surface area (Å²) in [5, 5.41) is 17.8. The Labute approximate surface area is 135 Å². The molecule has 2 heterocycles. The summed E-state index contributed by atoms with van der Waals surface area (Å²) >= 11 is 0. The van der Waals surface area contributed by atoms with Crippen LogP contribution in [0.4, 0.5) is 0 Å². The third-order valence-electron chi connectivity index (χ3n) is 3.85. The van der Waals surface area contributed by atoms with Crippen LogP contribution in [0.25, 0.3) is 5.82 Å². The van der Waals surface area contributed by atoms with Gasteiger partial charge >= 0.3 is 0 Å². The van der Waals surface area contributed by atoms with Crippen LogP contribution >= 0.6 is 0 Å². The van der Waals surface area contributed by atoms with Crippen molar-refractivity contribution in [1.82, 2.24) is 20.1 Å². The van der Waals surface area contributed by atoms with Crippen LogP contribution in [0.5, 0.6) is 5.75 Å². The summed E-state index contributed by atoms with van der Waals surface area (Å²) in [6.45, 7) is 2.75. The number of para-hydroxylation sites is 1. The fourth-order valence-corrected chi connectivity index (χ4v) is 2.66. The number of hydrogen-bond acceptors (Lipinski definition) is 4. The van der Waals surface area contributed by atoms with Crippen molar-refractivity contribution >= 4 is 0 Å². The van der Waals surface area contributed by atoms with Crippen LogP contribution in [0.3, 0.4) is 0 Å². The number of aromatic nitrogens is 3. The molecule has 1 aromatic carbocycles. The second-order valence-electron chi connectivity index (χ2n) is 5.34. The Kier molecular flexibility index (Phi) is 4.68. The van der Waals surface area contributed by atoms with Crippen molar-refractivity contribution in [3.05, 3.63) is 72.2 Å². The third kappa shape index (κ3) is 3.40. The summed E-state index contributed by atoms with van der Waals surface area (Å²) < 4.78 is 1.76. The molecule has 5 nitrogen and oxygen atoms in total. The standard InChI is InChI=1S/C18H20N4O/c1-2-16(15-8-3-4-9-17(15)23)20-13-14-7-5-10-19-18(14)22-12-6-11-21-22/h3-12,16,20,23H,2,13H2,1H3/t16-/m1/s1. The fraction of sp³-hybridized carbons (Fsp3) is 0.222. The number of nitrogens with one attached hydrogen (secondary N) is 1. The molecule has 5 heteroatoms. The molecule has 3 rings (SSSR count). The number of hydrogen-bond donors (Lipinski definition) is 2. The predicted molar refractivity (Wildman–Crippen MR) is 89.3 cm³/mol. The van der Waals surface area contributed by atoms with E-state index in [9.17, 15) is 5.11 Å². The molecule has 0 bridgehead atoms. The van der Waals surface area contributed by atoms with Gasteiger partial charge in [-0.05, 0) is 24.6 Å². The maximum atomic E-state index is 10.0. The molecular formula is C18H20N4O. The van der Waals surface area contributed by atoms with E-state index >= 15 is 0 Å². The van der Waals surface area contributed by atoms with E-state index in [1.807, 2.05) is 42.6 Å². The lowest BCUT2D eigenvalue weighted by atomic mass is 10.0. The molecule has 2 aromatic heterocycles. The van der Waals surface area contributed by atoms with Gasteiger partial charge in [0.05, 0.1) is 0 Å². The molecule has 0 saturated carbocycles. The second-order valence-corrected chi connectivity index (χ2v) is 5.34. The second kappa shape index (κ2) is 7.07. The minimum Gasteiger partial charge on any atom is -0.508 e. The number of phenolic OH excluding ortho intramolecular Hbond substituents is 1. The lowest BCUT2D eigenvalue weighted by molar-refractivity contribution is 0.440. The molecule has 0 aliphatic heterocycles. The van der Waals surface area contributed by atoms with E-state index in [0.717, 1.165) is 23.4 Å². The van der Waals surface area contributed by atoms with Gasteiger partial charge in [-0.15, -0.1) is 0 Å². The average Bonchev–Trinajstić information content (AvgIpc) is 3.11. The normalized spacial score (nSPS) is 12.2. The quantitative estimate of drug-likeness (QED) is 0.734. The summed E-state index contributed by atoms with van der Waals surface area (Å²) in [4.78, 5) is 4.43. The molecule has 1 atom stereocenters.